The highest BCUT2D eigenvalue weighted by Crippen LogP contribution is 2.31. The first-order valence-corrected chi connectivity index (χ1v) is 11.5. The Kier molecular flexibility index (Phi) is 7.21. The zero-order valence-electron chi connectivity index (χ0n) is 17.1. The molecule has 1 heterocycles. The van der Waals surface area contributed by atoms with E-state index in [0.717, 1.165) is 17.2 Å². The predicted octanol–water partition coefficient (Wildman–Crippen LogP) is 5.81. The minimum atomic E-state index is -0.124. The Morgan fingerprint density at radius 3 is 2.44 bits per heavy atom. The van der Waals surface area contributed by atoms with E-state index >= 15 is 0 Å². The third-order valence-corrected chi connectivity index (χ3v) is 6.17. The van der Waals surface area contributed by atoms with Crippen molar-refractivity contribution < 1.29 is 14.3 Å². The molecule has 0 aliphatic carbocycles. The predicted molar refractivity (Wildman–Crippen MR) is 128 cm³/mol. The summed E-state index contributed by atoms with van der Waals surface area (Å²) in [6.07, 6.45) is 0. The number of carbonyl (C=O) groups excluding carboxylic acids is 1. The van der Waals surface area contributed by atoms with Crippen molar-refractivity contribution in [1.82, 2.24) is 10.2 Å². The first-order valence-electron chi connectivity index (χ1n) is 9.69. The third kappa shape index (κ3) is 5.99. The van der Waals surface area contributed by atoms with E-state index in [1.54, 1.807) is 19.2 Å². The highest BCUT2D eigenvalue weighted by molar-refractivity contribution is 8.01. The van der Waals surface area contributed by atoms with Crippen molar-refractivity contribution in [3.05, 3.63) is 78.9 Å². The molecule has 9 heteroatoms. The van der Waals surface area contributed by atoms with Crippen LogP contribution in [0.4, 0.5) is 16.5 Å². The second-order valence-corrected chi connectivity index (χ2v) is 8.67. The number of ether oxygens (including phenoxy) is 2. The van der Waals surface area contributed by atoms with Crippen LogP contribution in [-0.4, -0.2) is 29.0 Å². The smallest absolute Gasteiger partial charge is 0.234 e. The van der Waals surface area contributed by atoms with Crippen LogP contribution < -0.4 is 20.1 Å². The number of hydrogen-bond donors (Lipinski definition) is 2. The number of amides is 1. The second kappa shape index (κ2) is 10.7. The van der Waals surface area contributed by atoms with Crippen LogP contribution in [0, 0.1) is 0 Å². The van der Waals surface area contributed by atoms with Crippen molar-refractivity contribution in [2.45, 2.75) is 4.34 Å². The molecular formula is C23H20N4O3S2. The van der Waals surface area contributed by atoms with Gasteiger partial charge in [0.2, 0.25) is 11.0 Å². The molecule has 1 amide bonds. The van der Waals surface area contributed by atoms with Gasteiger partial charge in [0.05, 0.1) is 18.6 Å². The number of aromatic nitrogens is 2. The van der Waals surface area contributed by atoms with Crippen molar-refractivity contribution in [3.63, 3.8) is 0 Å². The van der Waals surface area contributed by atoms with E-state index in [0.29, 0.717) is 20.9 Å². The summed E-state index contributed by atoms with van der Waals surface area (Å²) in [5.41, 5.74) is 1.51. The molecule has 2 N–H and O–H groups in total. The molecule has 0 radical (unpaired) electrons. The summed E-state index contributed by atoms with van der Waals surface area (Å²) in [6.45, 7) is 0. The lowest BCUT2D eigenvalue weighted by molar-refractivity contribution is -0.113. The molecule has 0 fully saturated rings. The van der Waals surface area contributed by atoms with Crippen molar-refractivity contribution >= 4 is 45.5 Å². The number of nitrogens with zero attached hydrogens (tertiary/aromatic N) is 2. The minimum absolute atomic E-state index is 0.124. The van der Waals surface area contributed by atoms with E-state index in [1.165, 1.54) is 23.1 Å². The van der Waals surface area contributed by atoms with E-state index < -0.39 is 0 Å². The number of nitrogens with one attached hydrogen (secondary N) is 2. The number of rotatable bonds is 9. The number of benzene rings is 3. The Morgan fingerprint density at radius 1 is 0.938 bits per heavy atom. The fraction of sp³-hybridized carbons (Fsp3) is 0.0870. The highest BCUT2D eigenvalue weighted by atomic mass is 32.2. The Morgan fingerprint density at radius 2 is 1.66 bits per heavy atom. The van der Waals surface area contributed by atoms with Gasteiger partial charge in [-0.2, -0.15) is 0 Å². The van der Waals surface area contributed by atoms with Gasteiger partial charge in [-0.1, -0.05) is 53.4 Å². The van der Waals surface area contributed by atoms with Gasteiger partial charge in [0.1, 0.15) is 17.2 Å². The maximum atomic E-state index is 12.3. The molecule has 0 spiro atoms. The number of methoxy groups -OCH3 is 1. The molecule has 4 aromatic rings. The molecule has 0 saturated heterocycles. The summed E-state index contributed by atoms with van der Waals surface area (Å²) >= 11 is 2.71. The lowest BCUT2D eigenvalue weighted by atomic mass is 10.3. The highest BCUT2D eigenvalue weighted by Gasteiger charge is 2.10. The maximum Gasteiger partial charge on any atom is 0.234 e. The Bertz CT molecular complexity index is 1170. The van der Waals surface area contributed by atoms with Gasteiger partial charge in [-0.15, -0.1) is 10.2 Å². The molecule has 1 aromatic heterocycles. The van der Waals surface area contributed by atoms with Gasteiger partial charge in [0, 0.05) is 5.69 Å². The SMILES string of the molecule is COc1ccccc1Nc1nnc(SCC(=O)Nc2ccc(Oc3ccccc3)cc2)s1. The van der Waals surface area contributed by atoms with Crippen LogP contribution in [0.3, 0.4) is 0 Å². The van der Waals surface area contributed by atoms with E-state index in [2.05, 4.69) is 20.8 Å². The quantitative estimate of drug-likeness (QED) is 0.302. The van der Waals surface area contributed by atoms with Crippen LogP contribution in [0.15, 0.2) is 83.2 Å². The van der Waals surface area contributed by atoms with E-state index in [9.17, 15) is 4.79 Å². The molecule has 7 nitrogen and oxygen atoms in total. The van der Waals surface area contributed by atoms with Gasteiger partial charge in [0.25, 0.3) is 0 Å². The Hall–Kier alpha value is -3.56. The molecule has 162 valence electrons. The summed E-state index contributed by atoms with van der Waals surface area (Å²) in [4.78, 5) is 12.3. The maximum absolute atomic E-state index is 12.3. The molecule has 0 unspecified atom stereocenters. The van der Waals surface area contributed by atoms with Gasteiger partial charge >= 0.3 is 0 Å². The molecule has 0 aliphatic rings. The third-order valence-electron chi connectivity index (χ3n) is 4.20. The number of hydrogen-bond acceptors (Lipinski definition) is 8. The molecule has 0 aliphatic heterocycles. The van der Waals surface area contributed by atoms with Gasteiger partial charge in [-0.25, -0.2) is 0 Å². The molecule has 0 atom stereocenters. The van der Waals surface area contributed by atoms with Crippen LogP contribution in [0.25, 0.3) is 0 Å². The van der Waals surface area contributed by atoms with Crippen molar-refractivity contribution in [2.24, 2.45) is 0 Å². The van der Waals surface area contributed by atoms with Crippen molar-refractivity contribution in [3.8, 4) is 17.2 Å². The van der Waals surface area contributed by atoms with E-state index in [4.69, 9.17) is 9.47 Å². The fourth-order valence-corrected chi connectivity index (χ4v) is 4.30. The topological polar surface area (TPSA) is 85.4 Å². The van der Waals surface area contributed by atoms with Crippen molar-refractivity contribution in [1.29, 1.82) is 0 Å². The van der Waals surface area contributed by atoms with E-state index in [-0.39, 0.29) is 11.7 Å². The summed E-state index contributed by atoms with van der Waals surface area (Å²) in [5.74, 6) is 2.29. The average Bonchev–Trinajstić information content (AvgIpc) is 3.27. The van der Waals surface area contributed by atoms with Crippen LogP contribution in [-0.2, 0) is 4.79 Å². The lowest BCUT2D eigenvalue weighted by Crippen LogP contribution is -2.13. The van der Waals surface area contributed by atoms with Crippen LogP contribution in [0.2, 0.25) is 0 Å². The normalized spacial score (nSPS) is 10.4. The molecular weight excluding hydrogens is 444 g/mol. The van der Waals surface area contributed by atoms with Gasteiger partial charge < -0.3 is 20.1 Å². The fourth-order valence-electron chi connectivity index (χ4n) is 2.74. The zero-order chi connectivity index (χ0) is 22.2. The van der Waals surface area contributed by atoms with Gasteiger partial charge in [0.15, 0.2) is 4.34 Å². The van der Waals surface area contributed by atoms with Crippen LogP contribution in [0.5, 0.6) is 17.2 Å². The summed E-state index contributed by atoms with van der Waals surface area (Å²) < 4.78 is 11.8. The van der Waals surface area contributed by atoms with E-state index in [1.807, 2.05) is 66.7 Å². The summed E-state index contributed by atoms with van der Waals surface area (Å²) in [7, 11) is 1.62. The standard InChI is InChI=1S/C23H20N4O3S2/c1-29-20-10-6-5-9-19(20)25-22-26-27-23(32-22)31-15-21(28)24-16-11-13-18(14-12-16)30-17-7-3-2-4-8-17/h2-14H,15H2,1H3,(H,24,28)(H,25,26). The molecule has 32 heavy (non-hydrogen) atoms. The van der Waals surface area contributed by atoms with Crippen LogP contribution in [0.1, 0.15) is 0 Å². The monoisotopic (exact) mass is 464 g/mol. The summed E-state index contributed by atoms with van der Waals surface area (Å²) in [6, 6.07) is 24.3. The van der Waals surface area contributed by atoms with Gasteiger partial charge in [-0.05, 0) is 48.5 Å². The first kappa shape index (κ1) is 21.7. The molecule has 0 saturated carbocycles. The number of para-hydroxylation sites is 3. The average molecular weight is 465 g/mol. The minimum Gasteiger partial charge on any atom is -0.495 e. The van der Waals surface area contributed by atoms with Crippen LogP contribution >= 0.6 is 23.1 Å². The van der Waals surface area contributed by atoms with Crippen molar-refractivity contribution in [2.75, 3.05) is 23.5 Å². The Labute approximate surface area is 193 Å². The molecule has 4 rings (SSSR count). The molecule has 0 bridgehead atoms. The summed E-state index contributed by atoms with van der Waals surface area (Å²) in [5, 5.41) is 15.0. The first-order chi connectivity index (χ1) is 15.7. The largest absolute Gasteiger partial charge is 0.495 e. The zero-order valence-corrected chi connectivity index (χ0v) is 18.8. The second-order valence-electron chi connectivity index (χ2n) is 6.47. The number of thioether (sulfide) groups is 1. The Balaban J connectivity index is 1.26. The number of anilines is 3. The van der Waals surface area contributed by atoms with Gasteiger partial charge in [-0.3, -0.25) is 4.79 Å². The lowest BCUT2D eigenvalue weighted by Gasteiger charge is -2.08. The molecule has 3 aromatic carbocycles. The number of carbonyl (C=O) groups is 1.